The monoisotopic (exact) mass is 392 g/mol. The quantitative estimate of drug-likeness (QED) is 0.384. The van der Waals surface area contributed by atoms with Crippen LogP contribution in [-0.4, -0.2) is 25.1 Å². The molecule has 0 spiro atoms. The highest BCUT2D eigenvalue weighted by Crippen LogP contribution is 2.25. The molecule has 134 valence electrons. The molecule has 7 heteroatoms. The van der Waals surface area contributed by atoms with E-state index in [4.69, 9.17) is 6.42 Å². The third-order valence-corrected chi connectivity index (χ3v) is 6.01. The Balaban J connectivity index is 1.85. The van der Waals surface area contributed by atoms with Gasteiger partial charge in [0, 0.05) is 0 Å². The zero-order valence-corrected chi connectivity index (χ0v) is 16.3. The van der Waals surface area contributed by atoms with Gasteiger partial charge >= 0.3 is 4.87 Å². The Hall–Kier alpha value is -2.82. The molecule has 0 radical (unpaired) electrons. The molecule has 0 fully saturated rings. The summed E-state index contributed by atoms with van der Waals surface area (Å²) >= 11 is 2.70. The Morgan fingerprint density at radius 1 is 1.15 bits per heavy atom. The van der Waals surface area contributed by atoms with Crippen molar-refractivity contribution >= 4 is 33.3 Å². The maximum Gasteiger partial charge on any atom is 0.308 e. The minimum Gasteiger partial charge on any atom is -0.291 e. The average Bonchev–Trinajstić information content (AvgIpc) is 3.22. The van der Waals surface area contributed by atoms with Crippen molar-refractivity contribution in [3.8, 4) is 18.0 Å². The van der Waals surface area contributed by atoms with Gasteiger partial charge in [0.25, 0.3) is 0 Å². The molecule has 0 saturated heterocycles. The predicted molar refractivity (Wildman–Crippen MR) is 111 cm³/mol. The van der Waals surface area contributed by atoms with Gasteiger partial charge in [0.05, 0.1) is 28.2 Å². The van der Waals surface area contributed by atoms with E-state index >= 15 is 0 Å². The fraction of sp³-hybridized carbons (Fsp3) is 0.150. The van der Waals surface area contributed by atoms with E-state index in [0.717, 1.165) is 26.6 Å². The first-order valence-corrected chi connectivity index (χ1v) is 10.1. The lowest BCUT2D eigenvalue weighted by molar-refractivity contribution is 0.724. The highest BCUT2D eigenvalue weighted by atomic mass is 32.2. The summed E-state index contributed by atoms with van der Waals surface area (Å²) in [6, 6.07) is 15.8. The molecule has 0 aliphatic heterocycles. The molecule has 5 nitrogen and oxygen atoms in total. The molecule has 27 heavy (non-hydrogen) atoms. The van der Waals surface area contributed by atoms with Crippen LogP contribution in [-0.2, 0) is 6.54 Å². The lowest BCUT2D eigenvalue weighted by Crippen LogP contribution is -2.17. The van der Waals surface area contributed by atoms with Crippen molar-refractivity contribution in [3.05, 3.63) is 69.6 Å². The number of para-hydroxylation sites is 2. The molecular formula is C20H16N4OS2. The molecule has 4 aromatic rings. The standard InChI is InChI=1S/C20H16N4OS2/c1-3-12-26-19-22-21-18(24(19)15-9-5-4-8-14(15)2)13-23-16-10-6-7-11-17(16)27-20(23)25/h1,4-11H,12-13H2,2H3. The number of hydrogen-bond donors (Lipinski definition) is 0. The molecule has 4 rings (SSSR count). The molecule has 0 aliphatic rings. The van der Waals surface area contributed by atoms with Crippen LogP contribution in [0.3, 0.4) is 0 Å². The number of thioether (sulfide) groups is 1. The van der Waals surface area contributed by atoms with Crippen LogP contribution < -0.4 is 4.87 Å². The molecule has 0 aliphatic carbocycles. The topological polar surface area (TPSA) is 52.7 Å². The number of nitrogens with zero attached hydrogens (tertiary/aromatic N) is 4. The van der Waals surface area contributed by atoms with E-state index in [1.54, 1.807) is 4.57 Å². The minimum atomic E-state index is -0.00615. The van der Waals surface area contributed by atoms with Crippen molar-refractivity contribution in [2.24, 2.45) is 0 Å². The van der Waals surface area contributed by atoms with Gasteiger partial charge in [-0.15, -0.1) is 16.6 Å². The van der Waals surface area contributed by atoms with Crippen molar-refractivity contribution in [2.75, 3.05) is 5.75 Å². The predicted octanol–water partition coefficient (Wildman–Crippen LogP) is 3.73. The van der Waals surface area contributed by atoms with Gasteiger partial charge in [-0.25, -0.2) is 0 Å². The van der Waals surface area contributed by atoms with Gasteiger partial charge in [-0.1, -0.05) is 59.4 Å². The molecular weight excluding hydrogens is 376 g/mol. The smallest absolute Gasteiger partial charge is 0.291 e. The first-order chi connectivity index (χ1) is 13.2. The van der Waals surface area contributed by atoms with Crippen molar-refractivity contribution in [3.63, 3.8) is 0 Å². The second kappa shape index (κ2) is 7.43. The second-order valence-electron chi connectivity index (χ2n) is 5.94. The number of aryl methyl sites for hydroxylation is 1. The largest absolute Gasteiger partial charge is 0.308 e. The van der Waals surface area contributed by atoms with Crippen molar-refractivity contribution in [1.82, 2.24) is 19.3 Å². The number of fused-ring (bicyclic) bond motifs is 1. The molecule has 0 N–H and O–H groups in total. The van der Waals surface area contributed by atoms with Gasteiger partial charge in [0.1, 0.15) is 0 Å². The Morgan fingerprint density at radius 3 is 2.74 bits per heavy atom. The molecule has 0 unspecified atom stereocenters. The second-order valence-corrected chi connectivity index (χ2v) is 7.87. The van der Waals surface area contributed by atoms with E-state index in [1.165, 1.54) is 23.1 Å². The summed E-state index contributed by atoms with van der Waals surface area (Å²) in [4.78, 5) is 12.5. The molecule has 0 bridgehead atoms. The number of thiazole rings is 1. The lowest BCUT2D eigenvalue weighted by atomic mass is 10.2. The molecule has 0 saturated carbocycles. The van der Waals surface area contributed by atoms with Crippen LogP contribution in [0.25, 0.3) is 15.9 Å². The van der Waals surface area contributed by atoms with Gasteiger partial charge in [-0.05, 0) is 30.7 Å². The van der Waals surface area contributed by atoms with Crippen LogP contribution in [0, 0.1) is 19.3 Å². The van der Waals surface area contributed by atoms with E-state index in [0.29, 0.717) is 18.1 Å². The molecule has 0 atom stereocenters. The molecule has 2 aromatic carbocycles. The summed E-state index contributed by atoms with van der Waals surface area (Å²) in [6.45, 7) is 2.39. The van der Waals surface area contributed by atoms with Crippen LogP contribution in [0.15, 0.2) is 58.5 Å². The van der Waals surface area contributed by atoms with Gasteiger partial charge in [-0.3, -0.25) is 13.9 Å². The zero-order valence-electron chi connectivity index (χ0n) is 14.6. The zero-order chi connectivity index (χ0) is 18.8. The highest BCUT2D eigenvalue weighted by Gasteiger charge is 2.18. The number of rotatable bonds is 5. The molecule has 2 heterocycles. The van der Waals surface area contributed by atoms with Crippen molar-refractivity contribution < 1.29 is 0 Å². The fourth-order valence-corrected chi connectivity index (χ4v) is 4.50. The summed E-state index contributed by atoms with van der Waals surface area (Å²) in [7, 11) is 0. The highest BCUT2D eigenvalue weighted by molar-refractivity contribution is 7.99. The van der Waals surface area contributed by atoms with Gasteiger partial charge in [-0.2, -0.15) is 0 Å². The average molecular weight is 393 g/mol. The summed E-state index contributed by atoms with van der Waals surface area (Å²) in [6.07, 6.45) is 5.42. The summed E-state index contributed by atoms with van der Waals surface area (Å²) < 4.78 is 4.70. The number of hydrogen-bond acceptors (Lipinski definition) is 5. The number of aromatic nitrogens is 4. The number of terminal acetylenes is 1. The van der Waals surface area contributed by atoms with Crippen molar-refractivity contribution in [1.29, 1.82) is 0 Å². The normalized spacial score (nSPS) is 11.0. The number of benzene rings is 2. The van der Waals surface area contributed by atoms with E-state index < -0.39 is 0 Å². The van der Waals surface area contributed by atoms with E-state index in [-0.39, 0.29) is 4.87 Å². The van der Waals surface area contributed by atoms with E-state index in [9.17, 15) is 4.79 Å². The Bertz CT molecular complexity index is 1210. The first-order valence-electron chi connectivity index (χ1n) is 8.34. The summed E-state index contributed by atoms with van der Waals surface area (Å²) in [5, 5.41) is 9.43. The third kappa shape index (κ3) is 3.29. The maximum atomic E-state index is 12.5. The molecule has 0 amide bonds. The first kappa shape index (κ1) is 17.6. The van der Waals surface area contributed by atoms with Crippen LogP contribution >= 0.6 is 23.1 Å². The minimum absolute atomic E-state index is 0.00615. The van der Waals surface area contributed by atoms with Gasteiger partial charge < -0.3 is 0 Å². The van der Waals surface area contributed by atoms with Crippen LogP contribution in [0.1, 0.15) is 11.4 Å². The van der Waals surface area contributed by atoms with Crippen LogP contribution in [0.2, 0.25) is 0 Å². The maximum absolute atomic E-state index is 12.5. The van der Waals surface area contributed by atoms with Crippen LogP contribution in [0.5, 0.6) is 0 Å². The lowest BCUT2D eigenvalue weighted by Gasteiger charge is -2.12. The SMILES string of the molecule is C#CCSc1nnc(Cn2c(=O)sc3ccccc32)n1-c1ccccc1C. The summed E-state index contributed by atoms with van der Waals surface area (Å²) in [5.74, 6) is 3.83. The van der Waals surface area contributed by atoms with Crippen LogP contribution in [0.4, 0.5) is 0 Å². The van der Waals surface area contributed by atoms with E-state index in [1.807, 2.05) is 60.0 Å². The van der Waals surface area contributed by atoms with E-state index in [2.05, 4.69) is 16.1 Å². The fourth-order valence-electron chi connectivity index (χ4n) is 2.96. The van der Waals surface area contributed by atoms with Crippen molar-refractivity contribution in [2.45, 2.75) is 18.6 Å². The Morgan fingerprint density at radius 2 is 1.93 bits per heavy atom. The Kier molecular flexibility index (Phi) is 4.84. The summed E-state index contributed by atoms with van der Waals surface area (Å²) in [5.41, 5.74) is 3.00. The third-order valence-electron chi connectivity index (χ3n) is 4.21. The van der Waals surface area contributed by atoms with Gasteiger partial charge in [0.2, 0.25) is 0 Å². The Labute approximate surface area is 164 Å². The van der Waals surface area contributed by atoms with Gasteiger partial charge in [0.15, 0.2) is 11.0 Å². The molecule has 2 aromatic heterocycles.